The van der Waals surface area contributed by atoms with E-state index >= 15 is 0 Å². The van der Waals surface area contributed by atoms with Gasteiger partial charge in [-0.1, -0.05) is 31.2 Å². The zero-order valence-electron chi connectivity index (χ0n) is 20.7. The fourth-order valence-electron chi connectivity index (χ4n) is 5.07. The molecule has 5 rings (SSSR count). The van der Waals surface area contributed by atoms with E-state index in [2.05, 4.69) is 11.8 Å². The lowest BCUT2D eigenvalue weighted by atomic mass is 9.84. The van der Waals surface area contributed by atoms with Crippen LogP contribution < -0.4 is 14.2 Å². The number of aromatic hydroxyl groups is 1. The van der Waals surface area contributed by atoms with Crippen LogP contribution in [0.1, 0.15) is 36.1 Å². The lowest BCUT2D eigenvalue weighted by Crippen LogP contribution is -2.49. The number of rotatable bonds is 9. The largest absolute Gasteiger partial charge is 0.508 e. The van der Waals surface area contributed by atoms with Crippen LogP contribution in [0, 0.1) is 5.92 Å². The van der Waals surface area contributed by atoms with E-state index in [9.17, 15) is 9.50 Å². The molecule has 3 aromatic rings. The molecule has 2 heterocycles. The Hall–Kier alpha value is -3.51. The number of benzene rings is 3. The Kier molecular flexibility index (Phi) is 7.14. The smallest absolute Gasteiger partial charge is 0.150 e. The Bertz CT molecular complexity index is 1230. The molecule has 0 saturated carbocycles. The molecular weight excluding hydrogens is 457 g/mol. The monoisotopic (exact) mass is 489 g/mol. The molecule has 36 heavy (non-hydrogen) atoms. The molecule has 0 aromatic heterocycles. The molecule has 0 spiro atoms. The minimum Gasteiger partial charge on any atom is -0.508 e. The number of alkyl halides is 1. The third-order valence-corrected chi connectivity index (χ3v) is 6.96. The Morgan fingerprint density at radius 2 is 1.81 bits per heavy atom. The molecule has 0 radical (unpaired) electrons. The van der Waals surface area contributed by atoms with E-state index in [4.69, 9.17) is 14.2 Å². The molecule has 5 nitrogen and oxygen atoms in total. The topological polar surface area (TPSA) is 51.2 Å². The van der Waals surface area contributed by atoms with Crippen LogP contribution in [0.25, 0.3) is 11.1 Å². The number of phenols is 1. The van der Waals surface area contributed by atoms with Crippen LogP contribution in [0.4, 0.5) is 4.39 Å². The third kappa shape index (κ3) is 4.91. The van der Waals surface area contributed by atoms with E-state index in [0.717, 1.165) is 71.1 Å². The normalized spacial score (nSPS) is 17.8. The maximum Gasteiger partial charge on any atom is 0.150 e. The van der Waals surface area contributed by atoms with Crippen molar-refractivity contribution in [3.8, 4) is 23.0 Å². The highest BCUT2D eigenvalue weighted by atomic mass is 19.1. The standard InChI is InChI=1S/C30H32FNO4/c1-3-26-27-16-25(34-2)11-12-28(27)36-30(29(26)22-5-4-6-23(33)15-22)21-7-9-24(10-8-21)35-14-13-32-18-20(17-31)19-32/h4-12,15-16,20,30,33H,3,13-14,17-19H2,1-2H3. The molecule has 0 bridgehead atoms. The van der Waals surface area contributed by atoms with E-state index < -0.39 is 0 Å². The number of halogens is 1. The van der Waals surface area contributed by atoms with Gasteiger partial charge in [0.2, 0.25) is 0 Å². The first-order chi connectivity index (χ1) is 17.6. The summed E-state index contributed by atoms with van der Waals surface area (Å²) in [5, 5.41) is 10.2. The SMILES string of the molecule is CCC1=C(c2cccc(O)c2)C(c2ccc(OCCN3CC(CF)C3)cc2)Oc2ccc(OC)cc21. The van der Waals surface area contributed by atoms with Crippen molar-refractivity contribution in [3.63, 3.8) is 0 Å². The molecule has 2 aliphatic rings. The lowest BCUT2D eigenvalue weighted by molar-refractivity contribution is 0.0668. The number of phenolic OH excluding ortho intramolecular Hbond substituents is 1. The average molecular weight is 490 g/mol. The van der Waals surface area contributed by atoms with Gasteiger partial charge in [0.05, 0.1) is 13.8 Å². The highest BCUT2D eigenvalue weighted by molar-refractivity contribution is 5.96. The van der Waals surface area contributed by atoms with E-state index in [1.807, 2.05) is 54.6 Å². The molecule has 188 valence electrons. The second-order valence-corrected chi connectivity index (χ2v) is 9.35. The predicted octanol–water partition coefficient (Wildman–Crippen LogP) is 6.14. The molecular formula is C30H32FNO4. The minimum absolute atomic E-state index is 0.188. The number of fused-ring (bicyclic) bond motifs is 1. The summed E-state index contributed by atoms with van der Waals surface area (Å²) < 4.78 is 30.6. The Morgan fingerprint density at radius 1 is 1.03 bits per heavy atom. The summed E-state index contributed by atoms with van der Waals surface area (Å²) in [5.74, 6) is 2.78. The molecule has 0 amide bonds. The molecule has 1 unspecified atom stereocenters. The molecule has 1 atom stereocenters. The van der Waals surface area contributed by atoms with Gasteiger partial charge in [-0.15, -0.1) is 0 Å². The van der Waals surface area contributed by atoms with E-state index in [0.29, 0.717) is 6.61 Å². The van der Waals surface area contributed by atoms with E-state index in [1.165, 1.54) is 0 Å². The van der Waals surface area contributed by atoms with Crippen molar-refractivity contribution in [2.24, 2.45) is 5.92 Å². The van der Waals surface area contributed by atoms with Crippen molar-refractivity contribution >= 4 is 11.1 Å². The summed E-state index contributed by atoms with van der Waals surface area (Å²) in [6.45, 7) is 4.90. The van der Waals surface area contributed by atoms with Crippen LogP contribution in [0.2, 0.25) is 0 Å². The van der Waals surface area contributed by atoms with E-state index in [1.54, 1.807) is 19.2 Å². The average Bonchev–Trinajstić information content (AvgIpc) is 2.88. The van der Waals surface area contributed by atoms with Crippen LogP contribution in [-0.4, -0.2) is 50.0 Å². The number of allylic oxidation sites excluding steroid dienone is 1. The van der Waals surface area contributed by atoms with Crippen LogP contribution in [0.5, 0.6) is 23.0 Å². The first-order valence-electron chi connectivity index (χ1n) is 12.5. The summed E-state index contributed by atoms with van der Waals surface area (Å²) in [5.41, 5.74) is 5.12. The van der Waals surface area contributed by atoms with E-state index in [-0.39, 0.29) is 24.4 Å². The fourth-order valence-corrected chi connectivity index (χ4v) is 5.07. The van der Waals surface area contributed by atoms with Gasteiger partial charge >= 0.3 is 0 Å². The Labute approximate surface area is 211 Å². The van der Waals surface area contributed by atoms with Crippen molar-refractivity contribution < 1.29 is 23.7 Å². The quantitative estimate of drug-likeness (QED) is 0.392. The number of ether oxygens (including phenoxy) is 3. The van der Waals surface area contributed by atoms with Gasteiger partial charge in [0.15, 0.2) is 0 Å². The second kappa shape index (κ2) is 10.6. The first kappa shape index (κ1) is 24.2. The summed E-state index contributed by atoms with van der Waals surface area (Å²) in [6, 6.07) is 21.2. The number of methoxy groups -OCH3 is 1. The lowest BCUT2D eigenvalue weighted by Gasteiger charge is -2.37. The molecule has 6 heteroatoms. The van der Waals surface area contributed by atoms with Crippen molar-refractivity contribution in [1.82, 2.24) is 4.90 Å². The molecule has 1 N–H and O–H groups in total. The minimum atomic E-state index is -0.338. The molecule has 3 aromatic carbocycles. The Balaban J connectivity index is 1.42. The summed E-state index contributed by atoms with van der Waals surface area (Å²) >= 11 is 0. The van der Waals surface area contributed by atoms with Gasteiger partial charge in [-0.3, -0.25) is 9.29 Å². The van der Waals surface area contributed by atoms with Gasteiger partial charge in [-0.2, -0.15) is 0 Å². The number of hydrogen-bond donors (Lipinski definition) is 1. The zero-order chi connectivity index (χ0) is 25.1. The summed E-state index contributed by atoms with van der Waals surface area (Å²) in [7, 11) is 1.66. The second-order valence-electron chi connectivity index (χ2n) is 9.35. The zero-order valence-corrected chi connectivity index (χ0v) is 20.7. The van der Waals surface area contributed by atoms with Crippen molar-refractivity contribution in [2.75, 3.05) is 40.0 Å². The molecule has 1 fully saturated rings. The van der Waals surface area contributed by atoms with Gasteiger partial charge in [-0.25, -0.2) is 0 Å². The van der Waals surface area contributed by atoms with Crippen molar-refractivity contribution in [2.45, 2.75) is 19.4 Å². The van der Waals surface area contributed by atoms with Crippen molar-refractivity contribution in [3.05, 3.63) is 83.4 Å². The number of likely N-dealkylation sites (tertiary alicyclic amines) is 1. The third-order valence-electron chi connectivity index (χ3n) is 6.96. The summed E-state index contributed by atoms with van der Waals surface area (Å²) in [6.07, 6.45) is 0.460. The molecule has 0 aliphatic carbocycles. The first-order valence-corrected chi connectivity index (χ1v) is 12.5. The van der Waals surface area contributed by atoms with Gasteiger partial charge in [0.25, 0.3) is 0 Å². The van der Waals surface area contributed by atoms with Gasteiger partial charge in [0.1, 0.15) is 35.7 Å². The number of hydrogen-bond acceptors (Lipinski definition) is 5. The van der Waals surface area contributed by atoms with Crippen LogP contribution in [-0.2, 0) is 0 Å². The van der Waals surface area contributed by atoms with Crippen molar-refractivity contribution in [1.29, 1.82) is 0 Å². The highest BCUT2D eigenvalue weighted by Gasteiger charge is 2.31. The highest BCUT2D eigenvalue weighted by Crippen LogP contribution is 2.49. The maximum absolute atomic E-state index is 12.6. The van der Waals surface area contributed by atoms with Gasteiger partial charge < -0.3 is 19.3 Å². The van der Waals surface area contributed by atoms with Gasteiger partial charge in [0, 0.05) is 36.7 Å². The maximum atomic E-state index is 12.6. The van der Waals surface area contributed by atoms with Crippen LogP contribution in [0.3, 0.4) is 0 Å². The van der Waals surface area contributed by atoms with Crippen LogP contribution in [0.15, 0.2) is 66.7 Å². The molecule has 2 aliphatic heterocycles. The summed E-state index contributed by atoms with van der Waals surface area (Å²) in [4.78, 5) is 2.21. The Morgan fingerprint density at radius 3 is 2.50 bits per heavy atom. The predicted molar refractivity (Wildman–Crippen MR) is 139 cm³/mol. The molecule has 1 saturated heterocycles. The number of nitrogens with zero attached hydrogens (tertiary/aromatic N) is 1. The van der Waals surface area contributed by atoms with Gasteiger partial charge in [-0.05, 0) is 65.6 Å². The van der Waals surface area contributed by atoms with Crippen LogP contribution >= 0.6 is 0 Å². The fraction of sp³-hybridized carbons (Fsp3) is 0.333.